The van der Waals surface area contributed by atoms with Gasteiger partial charge < -0.3 is 13.9 Å². The molecule has 1 aromatic carbocycles. The Bertz CT molecular complexity index is 1670. The van der Waals surface area contributed by atoms with Gasteiger partial charge in [0, 0.05) is 43.0 Å². The van der Waals surface area contributed by atoms with Gasteiger partial charge in [-0.05, 0) is 44.9 Å². The summed E-state index contributed by atoms with van der Waals surface area (Å²) in [7, 11) is 0. The molecule has 1 aliphatic rings. The van der Waals surface area contributed by atoms with E-state index in [2.05, 4.69) is 28.8 Å². The zero-order valence-corrected chi connectivity index (χ0v) is 21.3. The lowest BCUT2D eigenvalue weighted by Crippen LogP contribution is -2.20. The first kappa shape index (κ1) is 24.0. The molecule has 4 heterocycles. The highest BCUT2D eigenvalue weighted by Crippen LogP contribution is 2.39. The molecule has 38 heavy (non-hydrogen) atoms. The summed E-state index contributed by atoms with van der Waals surface area (Å²) in [6, 6.07) is 9.21. The molecule has 194 valence electrons. The Morgan fingerprint density at radius 1 is 1.13 bits per heavy atom. The van der Waals surface area contributed by atoms with Gasteiger partial charge >= 0.3 is 0 Å². The van der Waals surface area contributed by atoms with Crippen molar-refractivity contribution in [3.63, 3.8) is 0 Å². The maximum atomic E-state index is 13.7. The van der Waals surface area contributed by atoms with Crippen LogP contribution in [0.15, 0.2) is 66.4 Å². The van der Waals surface area contributed by atoms with E-state index in [1.807, 2.05) is 33.7 Å². The van der Waals surface area contributed by atoms with Crippen LogP contribution in [0.2, 0.25) is 0 Å². The van der Waals surface area contributed by atoms with Gasteiger partial charge in [0.1, 0.15) is 23.6 Å². The highest BCUT2D eigenvalue weighted by Gasteiger charge is 2.26. The summed E-state index contributed by atoms with van der Waals surface area (Å²) < 4.78 is 24.0. The molecule has 0 aliphatic heterocycles. The molecule has 0 atom stereocenters. The van der Waals surface area contributed by atoms with Gasteiger partial charge in [-0.25, -0.2) is 19.9 Å². The third kappa shape index (κ3) is 4.46. The van der Waals surface area contributed by atoms with E-state index in [1.54, 1.807) is 30.7 Å². The van der Waals surface area contributed by atoms with Gasteiger partial charge in [0.15, 0.2) is 5.82 Å². The van der Waals surface area contributed by atoms with Crippen molar-refractivity contribution in [2.24, 2.45) is 0 Å². The third-order valence-corrected chi connectivity index (χ3v) is 6.69. The van der Waals surface area contributed by atoms with Crippen molar-refractivity contribution in [2.75, 3.05) is 13.3 Å². The molecule has 4 aromatic heterocycles. The van der Waals surface area contributed by atoms with Crippen LogP contribution < -0.4 is 10.3 Å². The molecule has 0 radical (unpaired) electrons. The molecule has 0 amide bonds. The van der Waals surface area contributed by atoms with Gasteiger partial charge in [0.2, 0.25) is 0 Å². The molecule has 0 spiro atoms. The number of aromatic nitrogens is 7. The lowest BCUT2D eigenvalue weighted by Gasteiger charge is -2.14. The monoisotopic (exact) mass is 513 g/mol. The van der Waals surface area contributed by atoms with E-state index < -0.39 is 6.67 Å². The Labute approximate surface area is 218 Å². The molecule has 5 aromatic rings. The number of halogens is 1. The molecule has 0 bridgehead atoms. The van der Waals surface area contributed by atoms with Crippen molar-refractivity contribution in [1.82, 2.24) is 33.6 Å². The van der Waals surface area contributed by atoms with E-state index >= 15 is 0 Å². The minimum atomic E-state index is -0.466. The summed E-state index contributed by atoms with van der Waals surface area (Å²) in [6.45, 7) is 3.91. The van der Waals surface area contributed by atoms with Gasteiger partial charge in [-0.1, -0.05) is 6.07 Å². The van der Waals surface area contributed by atoms with Gasteiger partial charge in [0.25, 0.3) is 5.56 Å². The van der Waals surface area contributed by atoms with Crippen molar-refractivity contribution in [2.45, 2.75) is 45.1 Å². The number of rotatable bonds is 9. The van der Waals surface area contributed by atoms with Crippen molar-refractivity contribution in [3.05, 3.63) is 77.6 Å². The van der Waals surface area contributed by atoms with Gasteiger partial charge in [-0.15, -0.1) is 0 Å². The second-order valence-corrected chi connectivity index (χ2v) is 9.76. The van der Waals surface area contributed by atoms with Crippen molar-refractivity contribution in [3.8, 4) is 28.8 Å². The number of hydrogen-bond donors (Lipinski definition) is 0. The van der Waals surface area contributed by atoms with Crippen molar-refractivity contribution in [1.29, 1.82) is 0 Å². The Balaban J connectivity index is 1.45. The zero-order valence-electron chi connectivity index (χ0n) is 21.3. The highest BCUT2D eigenvalue weighted by molar-refractivity contribution is 5.83. The second-order valence-electron chi connectivity index (χ2n) is 9.76. The van der Waals surface area contributed by atoms with E-state index in [4.69, 9.17) is 9.72 Å². The van der Waals surface area contributed by atoms with Crippen LogP contribution >= 0.6 is 0 Å². The maximum absolute atomic E-state index is 13.7. The lowest BCUT2D eigenvalue weighted by atomic mass is 10.2. The van der Waals surface area contributed by atoms with E-state index in [0.717, 1.165) is 24.4 Å². The summed E-state index contributed by atoms with van der Waals surface area (Å²) in [5.41, 5.74) is 2.57. The largest absolute Gasteiger partial charge is 0.491 e. The summed E-state index contributed by atoms with van der Waals surface area (Å²) >= 11 is 0. The Kier molecular flexibility index (Phi) is 6.22. The minimum absolute atomic E-state index is 0.214. The van der Waals surface area contributed by atoms with Gasteiger partial charge in [-0.2, -0.15) is 0 Å². The van der Waals surface area contributed by atoms with Gasteiger partial charge in [-0.3, -0.25) is 13.8 Å². The average Bonchev–Trinajstić information content (AvgIpc) is 3.44. The predicted molar refractivity (Wildman–Crippen MR) is 142 cm³/mol. The topological polar surface area (TPSA) is 92.7 Å². The number of hydrogen-bond acceptors (Lipinski definition) is 6. The van der Waals surface area contributed by atoms with Crippen LogP contribution in [0.5, 0.6) is 5.75 Å². The Hall–Kier alpha value is -4.34. The third-order valence-electron chi connectivity index (χ3n) is 6.69. The summed E-state index contributed by atoms with van der Waals surface area (Å²) in [5.74, 6) is 2.18. The number of pyridine rings is 1. The second kappa shape index (κ2) is 9.85. The maximum Gasteiger partial charge on any atom is 0.267 e. The Morgan fingerprint density at radius 2 is 2.00 bits per heavy atom. The number of ether oxygens (including phenoxy) is 1. The lowest BCUT2D eigenvalue weighted by molar-refractivity contribution is 0.289. The summed E-state index contributed by atoms with van der Waals surface area (Å²) in [5, 5.41) is 0.415. The number of fused-ring (bicyclic) bond motifs is 1. The van der Waals surface area contributed by atoms with Crippen molar-refractivity contribution < 1.29 is 9.13 Å². The predicted octanol–water partition coefficient (Wildman–Crippen LogP) is 5.03. The molecule has 0 unspecified atom stereocenters. The van der Waals surface area contributed by atoms with Crippen molar-refractivity contribution >= 4 is 10.9 Å². The van der Waals surface area contributed by atoms with E-state index in [1.165, 1.54) is 10.9 Å². The van der Waals surface area contributed by atoms with Crippen LogP contribution in [0.1, 0.15) is 50.8 Å². The summed E-state index contributed by atoms with van der Waals surface area (Å²) in [6.07, 6.45) is 11.4. The smallest absolute Gasteiger partial charge is 0.267 e. The molecule has 10 heteroatoms. The standard InChI is InChI=1S/C28H28FN7O2/c1-18(2)35-11-10-30-27(35)21-5-3-6-26(33-21)36-17-32-22-14-25(38-12-4-9-29)24(13-20(22)28(36)37)34-15-23(31-16-34)19-7-8-19/h3,5-6,10-11,13-19H,4,7-9,12H2,1-2H3. The molecule has 1 fully saturated rings. The number of nitrogens with zero attached hydrogens (tertiary/aromatic N) is 7. The van der Waals surface area contributed by atoms with Crippen LogP contribution in [-0.4, -0.2) is 46.9 Å². The number of alkyl halides is 1. The number of benzene rings is 1. The number of imidazole rings is 2. The average molecular weight is 514 g/mol. The zero-order chi connectivity index (χ0) is 26.2. The normalized spacial score (nSPS) is 13.5. The molecule has 0 saturated heterocycles. The van der Waals surface area contributed by atoms with Crippen LogP contribution in [0.3, 0.4) is 0 Å². The fraction of sp³-hybridized carbons (Fsp3) is 0.321. The summed E-state index contributed by atoms with van der Waals surface area (Å²) in [4.78, 5) is 32.0. The van der Waals surface area contributed by atoms with E-state index in [-0.39, 0.29) is 24.6 Å². The first-order valence-electron chi connectivity index (χ1n) is 12.8. The van der Waals surface area contributed by atoms with Crippen LogP contribution in [-0.2, 0) is 0 Å². The first-order chi connectivity index (χ1) is 18.5. The SMILES string of the molecule is CC(C)n1ccnc1-c1cccc(-n2cnc3cc(OCCCF)c(-n4cnc(C5CC5)c4)cc3c2=O)n1. The van der Waals surface area contributed by atoms with Crippen LogP contribution in [0.4, 0.5) is 4.39 Å². The fourth-order valence-electron chi connectivity index (χ4n) is 4.52. The molecule has 1 aliphatic carbocycles. The quantitative estimate of drug-likeness (QED) is 0.257. The molecular weight excluding hydrogens is 485 g/mol. The molecular formula is C28H28FN7O2. The molecule has 6 rings (SSSR count). The highest BCUT2D eigenvalue weighted by atomic mass is 19.1. The fourth-order valence-corrected chi connectivity index (χ4v) is 4.52. The van der Waals surface area contributed by atoms with Crippen LogP contribution in [0, 0.1) is 0 Å². The molecule has 9 nitrogen and oxygen atoms in total. The van der Waals surface area contributed by atoms with Crippen LogP contribution in [0.25, 0.3) is 33.9 Å². The molecule has 0 N–H and O–H groups in total. The molecule has 1 saturated carbocycles. The van der Waals surface area contributed by atoms with Gasteiger partial charge in [0.05, 0.1) is 41.9 Å². The minimum Gasteiger partial charge on any atom is -0.491 e. The van der Waals surface area contributed by atoms with E-state index in [0.29, 0.717) is 39.8 Å². The first-order valence-corrected chi connectivity index (χ1v) is 12.8. The van der Waals surface area contributed by atoms with E-state index in [9.17, 15) is 9.18 Å². The Morgan fingerprint density at radius 3 is 2.79 bits per heavy atom.